The Balaban J connectivity index is 2.13. The van der Waals surface area contributed by atoms with Crippen LogP contribution in [0.1, 0.15) is 17.4 Å². The van der Waals surface area contributed by atoms with E-state index in [1.54, 1.807) is 0 Å². The Kier molecular flexibility index (Phi) is 4.59. The van der Waals surface area contributed by atoms with Gasteiger partial charge in [0.2, 0.25) is 0 Å². The first kappa shape index (κ1) is 15.3. The molecule has 3 rings (SSSR count). The Hall–Kier alpha value is -0.560. The number of fused-ring (bicyclic) bond motifs is 1. The van der Waals surface area contributed by atoms with E-state index in [1.807, 2.05) is 37.4 Å². The standard InChI is InChI=1S/C16H12BrClINO/c1-20-15(11-8-10(17)5-6-13(11)19)14-7-9-3-2-4-12(18)16(9)21-14/h2-8,15,20H,1H3. The SMILES string of the molecule is CNC(c1cc2cccc(Cl)c2o1)c1cc(Br)ccc1I. The van der Waals surface area contributed by atoms with E-state index in [0.717, 1.165) is 21.2 Å². The molecule has 0 spiro atoms. The van der Waals surface area contributed by atoms with E-state index >= 15 is 0 Å². The van der Waals surface area contributed by atoms with Gasteiger partial charge in [0.15, 0.2) is 5.58 Å². The average molecular weight is 477 g/mol. The lowest BCUT2D eigenvalue weighted by Crippen LogP contribution is -2.18. The first-order chi connectivity index (χ1) is 10.1. The molecule has 108 valence electrons. The van der Waals surface area contributed by atoms with Crippen molar-refractivity contribution in [1.82, 2.24) is 5.32 Å². The van der Waals surface area contributed by atoms with Crippen LogP contribution >= 0.6 is 50.1 Å². The van der Waals surface area contributed by atoms with Gasteiger partial charge in [-0.2, -0.15) is 0 Å². The zero-order valence-corrected chi connectivity index (χ0v) is 15.7. The molecule has 0 radical (unpaired) electrons. The van der Waals surface area contributed by atoms with Crippen LogP contribution in [0.3, 0.4) is 0 Å². The van der Waals surface area contributed by atoms with Gasteiger partial charge in [0, 0.05) is 13.4 Å². The van der Waals surface area contributed by atoms with Gasteiger partial charge in [0.1, 0.15) is 5.76 Å². The maximum Gasteiger partial charge on any atom is 0.152 e. The van der Waals surface area contributed by atoms with E-state index < -0.39 is 0 Å². The molecule has 0 fully saturated rings. The van der Waals surface area contributed by atoms with Gasteiger partial charge in [0.25, 0.3) is 0 Å². The highest BCUT2D eigenvalue weighted by Crippen LogP contribution is 2.34. The van der Waals surface area contributed by atoms with Crippen LogP contribution < -0.4 is 5.32 Å². The largest absolute Gasteiger partial charge is 0.457 e. The van der Waals surface area contributed by atoms with Crippen LogP contribution in [0.25, 0.3) is 11.0 Å². The van der Waals surface area contributed by atoms with Crippen molar-refractivity contribution in [3.05, 3.63) is 66.9 Å². The Morgan fingerprint density at radius 2 is 2.05 bits per heavy atom. The summed E-state index contributed by atoms with van der Waals surface area (Å²) >= 11 is 12.1. The van der Waals surface area contributed by atoms with Crippen LogP contribution in [-0.2, 0) is 0 Å². The third-order valence-electron chi connectivity index (χ3n) is 3.36. The molecule has 0 amide bonds. The van der Waals surface area contributed by atoms with Gasteiger partial charge < -0.3 is 9.73 Å². The van der Waals surface area contributed by atoms with Gasteiger partial charge in [-0.15, -0.1) is 0 Å². The van der Waals surface area contributed by atoms with Crippen molar-refractivity contribution in [3.8, 4) is 0 Å². The highest BCUT2D eigenvalue weighted by molar-refractivity contribution is 14.1. The lowest BCUT2D eigenvalue weighted by atomic mass is 10.0. The highest BCUT2D eigenvalue weighted by Gasteiger charge is 2.20. The first-order valence-electron chi connectivity index (χ1n) is 6.40. The van der Waals surface area contributed by atoms with E-state index in [1.165, 1.54) is 9.13 Å². The number of hydrogen-bond acceptors (Lipinski definition) is 2. The number of hydrogen-bond donors (Lipinski definition) is 1. The third kappa shape index (κ3) is 2.99. The van der Waals surface area contributed by atoms with Crippen molar-refractivity contribution in [2.75, 3.05) is 7.05 Å². The number of rotatable bonds is 3. The lowest BCUT2D eigenvalue weighted by molar-refractivity contribution is 0.490. The maximum absolute atomic E-state index is 6.20. The molecule has 2 nitrogen and oxygen atoms in total. The molecular formula is C16H12BrClINO. The van der Waals surface area contributed by atoms with Gasteiger partial charge in [0.05, 0.1) is 11.1 Å². The van der Waals surface area contributed by atoms with Gasteiger partial charge >= 0.3 is 0 Å². The van der Waals surface area contributed by atoms with Crippen molar-refractivity contribution in [1.29, 1.82) is 0 Å². The van der Waals surface area contributed by atoms with Gasteiger partial charge in [-0.1, -0.05) is 39.7 Å². The second kappa shape index (κ2) is 6.28. The summed E-state index contributed by atoms with van der Waals surface area (Å²) in [6.07, 6.45) is 0. The van der Waals surface area contributed by atoms with E-state index in [-0.39, 0.29) is 6.04 Å². The Labute approximate surface area is 150 Å². The van der Waals surface area contributed by atoms with Crippen molar-refractivity contribution in [2.24, 2.45) is 0 Å². The molecule has 1 N–H and O–H groups in total. The molecule has 1 aromatic heterocycles. The average Bonchev–Trinajstić information content (AvgIpc) is 2.89. The zero-order valence-electron chi connectivity index (χ0n) is 11.2. The lowest BCUT2D eigenvalue weighted by Gasteiger charge is -2.16. The van der Waals surface area contributed by atoms with Crippen LogP contribution in [-0.4, -0.2) is 7.05 Å². The molecule has 0 aliphatic rings. The fourth-order valence-electron chi connectivity index (χ4n) is 2.38. The second-order valence-corrected chi connectivity index (χ2v) is 7.18. The van der Waals surface area contributed by atoms with Crippen LogP contribution in [0.2, 0.25) is 5.02 Å². The predicted molar refractivity (Wildman–Crippen MR) is 99.0 cm³/mol. The number of para-hydroxylation sites is 1. The van der Waals surface area contributed by atoms with Crippen molar-refractivity contribution in [2.45, 2.75) is 6.04 Å². The topological polar surface area (TPSA) is 25.2 Å². The number of halogens is 3. The molecule has 0 saturated carbocycles. The number of benzene rings is 2. The minimum absolute atomic E-state index is 0.0159. The molecule has 0 aliphatic heterocycles. The van der Waals surface area contributed by atoms with Crippen LogP contribution in [0, 0.1) is 3.57 Å². The molecule has 0 aliphatic carbocycles. The zero-order chi connectivity index (χ0) is 15.0. The van der Waals surface area contributed by atoms with Crippen molar-refractivity contribution in [3.63, 3.8) is 0 Å². The summed E-state index contributed by atoms with van der Waals surface area (Å²) in [5.41, 5.74) is 1.90. The fraction of sp³-hybridized carbons (Fsp3) is 0.125. The Morgan fingerprint density at radius 3 is 2.76 bits per heavy atom. The van der Waals surface area contributed by atoms with E-state index in [2.05, 4.69) is 56.0 Å². The number of nitrogens with one attached hydrogen (secondary N) is 1. The quantitative estimate of drug-likeness (QED) is 0.486. The van der Waals surface area contributed by atoms with Crippen LogP contribution in [0.4, 0.5) is 0 Å². The smallest absolute Gasteiger partial charge is 0.152 e. The van der Waals surface area contributed by atoms with Crippen molar-refractivity contribution >= 4 is 61.1 Å². The van der Waals surface area contributed by atoms with Gasteiger partial charge in [-0.25, -0.2) is 0 Å². The minimum atomic E-state index is -0.0159. The van der Waals surface area contributed by atoms with E-state index in [4.69, 9.17) is 16.0 Å². The number of furan rings is 1. The first-order valence-corrected chi connectivity index (χ1v) is 8.65. The third-order valence-corrected chi connectivity index (χ3v) is 5.13. The summed E-state index contributed by atoms with van der Waals surface area (Å²) in [5, 5.41) is 4.97. The second-order valence-electron chi connectivity index (χ2n) is 4.69. The van der Waals surface area contributed by atoms with E-state index in [0.29, 0.717) is 5.02 Å². The van der Waals surface area contributed by atoms with Gasteiger partial charge in [-0.3, -0.25) is 0 Å². The summed E-state index contributed by atoms with van der Waals surface area (Å²) in [6.45, 7) is 0. The molecule has 1 heterocycles. The molecule has 0 bridgehead atoms. The minimum Gasteiger partial charge on any atom is -0.457 e. The Bertz CT molecular complexity index is 802. The molecule has 3 aromatic rings. The summed E-state index contributed by atoms with van der Waals surface area (Å²) in [5.74, 6) is 0.858. The normalized spacial score (nSPS) is 12.8. The molecular weight excluding hydrogens is 464 g/mol. The van der Waals surface area contributed by atoms with Crippen molar-refractivity contribution < 1.29 is 4.42 Å². The molecule has 1 atom stereocenters. The molecule has 0 saturated heterocycles. The molecule has 5 heteroatoms. The fourth-order valence-corrected chi connectivity index (χ4v) is 3.62. The van der Waals surface area contributed by atoms with Gasteiger partial charge in [-0.05, 0) is 65.5 Å². The summed E-state index contributed by atoms with van der Waals surface area (Å²) in [7, 11) is 1.93. The van der Waals surface area contributed by atoms with Crippen LogP contribution in [0.15, 0.2) is 51.4 Å². The predicted octanol–water partition coefficient (Wildman–Crippen LogP) is 5.76. The van der Waals surface area contributed by atoms with Crippen LogP contribution in [0.5, 0.6) is 0 Å². The summed E-state index contributed by atoms with van der Waals surface area (Å²) < 4.78 is 8.22. The maximum atomic E-state index is 6.20. The monoisotopic (exact) mass is 475 g/mol. The molecule has 1 unspecified atom stereocenters. The molecule has 2 aromatic carbocycles. The highest BCUT2D eigenvalue weighted by atomic mass is 127. The Morgan fingerprint density at radius 1 is 1.24 bits per heavy atom. The van der Waals surface area contributed by atoms with E-state index in [9.17, 15) is 0 Å². The summed E-state index contributed by atoms with van der Waals surface area (Å²) in [4.78, 5) is 0. The molecule has 21 heavy (non-hydrogen) atoms. The summed E-state index contributed by atoms with van der Waals surface area (Å²) in [6, 6.07) is 14.0.